The predicted molar refractivity (Wildman–Crippen MR) is 47.3 cm³/mol. The lowest BCUT2D eigenvalue weighted by molar-refractivity contribution is -0.134. The van der Waals surface area contributed by atoms with Crippen LogP contribution in [0, 0.1) is 11.8 Å². The van der Waals surface area contributed by atoms with Gasteiger partial charge >= 0.3 is 0 Å². The van der Waals surface area contributed by atoms with E-state index in [1.165, 1.54) is 0 Å². The Kier molecular flexibility index (Phi) is 1.58. The third-order valence-electron chi connectivity index (χ3n) is 3.38. The van der Waals surface area contributed by atoms with Crippen LogP contribution in [0.15, 0.2) is 11.3 Å². The van der Waals surface area contributed by atoms with Crippen molar-refractivity contribution in [3.8, 4) is 0 Å². The summed E-state index contributed by atoms with van der Waals surface area (Å²) in [6.45, 7) is 3.39. The smallest absolute Gasteiger partial charge is 0.194 e. The second-order valence-corrected chi connectivity index (χ2v) is 4.09. The number of allylic oxidation sites excluding steroid dienone is 1. The number of fused-ring (bicyclic) bond motifs is 1. The topological polar surface area (TPSA) is 46.5 Å². The lowest BCUT2D eigenvalue weighted by atomic mass is 9.96. The van der Waals surface area contributed by atoms with Gasteiger partial charge < -0.3 is 9.84 Å². The first kappa shape index (κ1) is 8.75. The zero-order valence-electron chi connectivity index (χ0n) is 8.13. The Bertz CT molecular complexity index is 301. The molecule has 0 amide bonds. The predicted octanol–water partition coefficient (Wildman–Crippen LogP) is 1.44. The number of carbonyl (C=O) groups is 1. The van der Waals surface area contributed by atoms with Gasteiger partial charge in [-0.15, -0.1) is 0 Å². The van der Waals surface area contributed by atoms with E-state index in [1.807, 2.05) is 6.92 Å². The molecule has 3 nitrogen and oxygen atoms in total. The fourth-order valence-corrected chi connectivity index (χ4v) is 2.40. The summed E-state index contributed by atoms with van der Waals surface area (Å²) < 4.78 is 5.25. The number of hydrogen-bond acceptors (Lipinski definition) is 3. The molecule has 72 valence electrons. The standard InChI is InChI=1S/C10H14O3/c1-5(11)8-6-4-7(6)10(2,13-3)9(8)12/h6-7,11H,4H2,1-3H3/b8-5-/t6-,7+,10?/m0/s1. The summed E-state index contributed by atoms with van der Waals surface area (Å²) in [5.74, 6) is 0.680. The molecule has 2 saturated carbocycles. The average Bonchev–Trinajstić information content (AvgIpc) is 2.79. The normalized spacial score (nSPS) is 46.2. The second kappa shape index (κ2) is 2.35. The molecule has 0 spiro atoms. The van der Waals surface area contributed by atoms with E-state index in [0.29, 0.717) is 11.5 Å². The highest BCUT2D eigenvalue weighted by Gasteiger charge is 2.65. The van der Waals surface area contributed by atoms with E-state index < -0.39 is 5.60 Å². The number of rotatable bonds is 1. The lowest BCUT2D eigenvalue weighted by Crippen LogP contribution is -2.36. The van der Waals surface area contributed by atoms with Gasteiger partial charge in [0.05, 0.1) is 5.76 Å². The number of ether oxygens (including phenoxy) is 1. The summed E-state index contributed by atoms with van der Waals surface area (Å²) in [4.78, 5) is 11.8. The molecular weight excluding hydrogens is 168 g/mol. The van der Waals surface area contributed by atoms with Crippen molar-refractivity contribution in [1.82, 2.24) is 0 Å². The van der Waals surface area contributed by atoms with Gasteiger partial charge in [-0.1, -0.05) is 0 Å². The maximum atomic E-state index is 11.8. The molecule has 1 unspecified atom stereocenters. The van der Waals surface area contributed by atoms with E-state index in [2.05, 4.69) is 0 Å². The number of aliphatic hydroxyl groups is 1. The van der Waals surface area contributed by atoms with Crippen molar-refractivity contribution < 1.29 is 14.6 Å². The minimum Gasteiger partial charge on any atom is -0.512 e. The van der Waals surface area contributed by atoms with Gasteiger partial charge in [0.25, 0.3) is 0 Å². The summed E-state index contributed by atoms with van der Waals surface area (Å²) in [5, 5.41) is 9.35. The molecule has 0 aromatic carbocycles. The van der Waals surface area contributed by atoms with Gasteiger partial charge in [0.15, 0.2) is 5.78 Å². The molecule has 0 bridgehead atoms. The van der Waals surface area contributed by atoms with Gasteiger partial charge in [-0.2, -0.15) is 0 Å². The van der Waals surface area contributed by atoms with Crippen LogP contribution < -0.4 is 0 Å². The fraction of sp³-hybridized carbons (Fsp3) is 0.700. The average molecular weight is 182 g/mol. The van der Waals surface area contributed by atoms with Gasteiger partial charge in [-0.05, 0) is 26.2 Å². The van der Waals surface area contributed by atoms with Crippen LogP contribution in [0.4, 0.5) is 0 Å². The van der Waals surface area contributed by atoms with E-state index in [-0.39, 0.29) is 17.5 Å². The number of methoxy groups -OCH3 is 1. The molecule has 3 heteroatoms. The first-order valence-corrected chi connectivity index (χ1v) is 4.52. The third kappa shape index (κ3) is 0.908. The SMILES string of the molecule is COC1(C)C(=O)/C(=C(/C)O)[C@H]2C[C@H]21. The quantitative estimate of drug-likeness (QED) is 0.493. The first-order chi connectivity index (χ1) is 6.02. The molecule has 2 fully saturated rings. The van der Waals surface area contributed by atoms with Crippen molar-refractivity contribution >= 4 is 5.78 Å². The van der Waals surface area contributed by atoms with E-state index in [1.54, 1.807) is 14.0 Å². The molecule has 2 aliphatic rings. The summed E-state index contributed by atoms with van der Waals surface area (Å²) in [5.41, 5.74) is -0.0846. The zero-order chi connectivity index (χ0) is 9.80. The monoisotopic (exact) mass is 182 g/mol. The first-order valence-electron chi connectivity index (χ1n) is 4.52. The zero-order valence-corrected chi connectivity index (χ0v) is 8.13. The number of Topliss-reactive ketones (excluding diaryl/α,β-unsaturated/α-hetero) is 1. The number of aliphatic hydroxyl groups excluding tert-OH is 1. The van der Waals surface area contributed by atoms with E-state index in [0.717, 1.165) is 6.42 Å². The van der Waals surface area contributed by atoms with Gasteiger partial charge in [-0.3, -0.25) is 4.79 Å². The molecule has 0 aromatic heterocycles. The van der Waals surface area contributed by atoms with Crippen LogP contribution in [0.3, 0.4) is 0 Å². The van der Waals surface area contributed by atoms with Crippen molar-refractivity contribution in [2.75, 3.05) is 7.11 Å². The summed E-state index contributed by atoms with van der Waals surface area (Å²) in [6, 6.07) is 0. The molecule has 0 radical (unpaired) electrons. The largest absolute Gasteiger partial charge is 0.512 e. The van der Waals surface area contributed by atoms with Gasteiger partial charge in [0.1, 0.15) is 5.60 Å². The maximum absolute atomic E-state index is 11.8. The minimum atomic E-state index is -0.677. The summed E-state index contributed by atoms with van der Waals surface area (Å²) >= 11 is 0. The van der Waals surface area contributed by atoms with Crippen molar-refractivity contribution in [3.05, 3.63) is 11.3 Å². The lowest BCUT2D eigenvalue weighted by Gasteiger charge is -2.22. The van der Waals surface area contributed by atoms with Gasteiger partial charge in [0, 0.05) is 18.6 Å². The fourth-order valence-electron chi connectivity index (χ4n) is 2.40. The number of ketones is 1. The van der Waals surface area contributed by atoms with Crippen LogP contribution in [-0.2, 0) is 9.53 Å². The van der Waals surface area contributed by atoms with Crippen LogP contribution in [-0.4, -0.2) is 23.6 Å². The molecule has 2 aliphatic carbocycles. The molecular formula is C10H14O3. The van der Waals surface area contributed by atoms with Crippen LogP contribution in [0.5, 0.6) is 0 Å². The van der Waals surface area contributed by atoms with Crippen LogP contribution in [0.1, 0.15) is 20.3 Å². The maximum Gasteiger partial charge on any atom is 0.194 e. The van der Waals surface area contributed by atoms with Crippen molar-refractivity contribution in [2.45, 2.75) is 25.9 Å². The highest BCUT2D eigenvalue weighted by molar-refractivity contribution is 6.06. The summed E-state index contributed by atoms with van der Waals surface area (Å²) in [7, 11) is 1.56. The number of carbonyl (C=O) groups excluding carboxylic acids is 1. The van der Waals surface area contributed by atoms with E-state index >= 15 is 0 Å². The molecule has 13 heavy (non-hydrogen) atoms. The van der Waals surface area contributed by atoms with Crippen LogP contribution in [0.2, 0.25) is 0 Å². The Balaban J connectivity index is 2.42. The van der Waals surface area contributed by atoms with Crippen molar-refractivity contribution in [2.24, 2.45) is 11.8 Å². The Morgan fingerprint density at radius 2 is 2.31 bits per heavy atom. The Morgan fingerprint density at radius 3 is 2.62 bits per heavy atom. The summed E-state index contributed by atoms with van der Waals surface area (Å²) in [6.07, 6.45) is 0.976. The molecule has 1 N–H and O–H groups in total. The highest BCUT2D eigenvalue weighted by atomic mass is 16.5. The minimum absolute atomic E-state index is 0.0312. The molecule has 0 saturated heterocycles. The van der Waals surface area contributed by atoms with E-state index in [9.17, 15) is 9.90 Å². The van der Waals surface area contributed by atoms with Crippen LogP contribution in [0.25, 0.3) is 0 Å². The Hall–Kier alpha value is -0.830. The molecule has 0 heterocycles. The van der Waals surface area contributed by atoms with Crippen LogP contribution >= 0.6 is 0 Å². The van der Waals surface area contributed by atoms with Gasteiger partial charge in [-0.25, -0.2) is 0 Å². The second-order valence-electron chi connectivity index (χ2n) is 4.09. The number of hydrogen-bond donors (Lipinski definition) is 1. The molecule has 0 aliphatic heterocycles. The third-order valence-corrected chi connectivity index (χ3v) is 3.38. The van der Waals surface area contributed by atoms with E-state index in [4.69, 9.17) is 4.74 Å². The molecule has 2 rings (SSSR count). The Morgan fingerprint density at radius 1 is 1.69 bits per heavy atom. The van der Waals surface area contributed by atoms with Crippen molar-refractivity contribution in [3.63, 3.8) is 0 Å². The highest BCUT2D eigenvalue weighted by Crippen LogP contribution is 2.60. The van der Waals surface area contributed by atoms with Gasteiger partial charge in [0.2, 0.25) is 0 Å². The molecule has 0 aromatic rings. The Labute approximate surface area is 77.4 Å². The van der Waals surface area contributed by atoms with Crippen molar-refractivity contribution in [1.29, 1.82) is 0 Å². The molecule has 3 atom stereocenters.